The number of carbonyl (C=O) groups excluding carboxylic acids is 2. The number of hydrogen-bond acceptors (Lipinski definition) is 4. The highest BCUT2D eigenvalue weighted by molar-refractivity contribution is 8.04. The van der Waals surface area contributed by atoms with Crippen LogP contribution in [0.5, 0.6) is 0 Å². The van der Waals surface area contributed by atoms with E-state index in [2.05, 4.69) is 24.4 Å². The minimum absolute atomic E-state index is 0.00472. The Bertz CT molecular complexity index is 949. The lowest BCUT2D eigenvalue weighted by Gasteiger charge is -2.30. The van der Waals surface area contributed by atoms with Gasteiger partial charge in [-0.25, -0.2) is 0 Å². The molecule has 0 radical (unpaired) electrons. The van der Waals surface area contributed by atoms with E-state index in [0.717, 1.165) is 42.0 Å². The lowest BCUT2D eigenvalue weighted by molar-refractivity contribution is -0.122. The topological polar surface area (TPSA) is 58.6 Å². The van der Waals surface area contributed by atoms with Crippen LogP contribution >= 0.6 is 11.8 Å². The third-order valence-electron chi connectivity index (χ3n) is 5.37. The van der Waals surface area contributed by atoms with Crippen molar-refractivity contribution in [2.75, 3.05) is 24.6 Å². The first-order valence-electron chi connectivity index (χ1n) is 10.4. The highest BCUT2D eigenvalue weighted by Crippen LogP contribution is 2.41. The Morgan fingerprint density at radius 1 is 1.23 bits per heavy atom. The molecule has 0 bridgehead atoms. The number of nitrogens with zero attached hydrogens (tertiary/aromatic N) is 1. The zero-order valence-corrected chi connectivity index (χ0v) is 17.9. The van der Waals surface area contributed by atoms with E-state index < -0.39 is 0 Å². The van der Waals surface area contributed by atoms with E-state index >= 15 is 0 Å². The molecule has 156 valence electrons. The van der Waals surface area contributed by atoms with E-state index in [4.69, 9.17) is 4.74 Å². The molecule has 0 aromatic heterocycles. The maximum absolute atomic E-state index is 13.2. The van der Waals surface area contributed by atoms with Crippen LogP contribution in [0.25, 0.3) is 6.08 Å². The predicted octanol–water partition coefficient (Wildman–Crippen LogP) is 4.02. The molecule has 5 nitrogen and oxygen atoms in total. The summed E-state index contributed by atoms with van der Waals surface area (Å²) in [4.78, 5) is 29.0. The number of benzene rings is 2. The van der Waals surface area contributed by atoms with Crippen LogP contribution in [0.1, 0.15) is 30.9 Å². The lowest BCUT2D eigenvalue weighted by atomic mass is 10.1. The molecular weight excluding hydrogens is 396 g/mol. The number of nitrogens with one attached hydrogen (secondary N) is 1. The number of anilines is 1. The van der Waals surface area contributed by atoms with Crippen molar-refractivity contribution in [2.45, 2.75) is 37.2 Å². The highest BCUT2D eigenvalue weighted by Gasteiger charge is 2.30. The van der Waals surface area contributed by atoms with Crippen LogP contribution in [0, 0.1) is 0 Å². The van der Waals surface area contributed by atoms with Crippen molar-refractivity contribution >= 4 is 35.3 Å². The molecule has 6 heteroatoms. The molecule has 0 saturated carbocycles. The van der Waals surface area contributed by atoms with Crippen molar-refractivity contribution in [1.82, 2.24) is 5.32 Å². The molecule has 30 heavy (non-hydrogen) atoms. The van der Waals surface area contributed by atoms with Crippen molar-refractivity contribution in [3.05, 3.63) is 64.6 Å². The average Bonchev–Trinajstić information content (AvgIpc) is 3.29. The molecule has 2 aliphatic rings. The predicted molar refractivity (Wildman–Crippen MR) is 120 cm³/mol. The van der Waals surface area contributed by atoms with E-state index in [9.17, 15) is 9.59 Å². The molecule has 0 spiro atoms. The summed E-state index contributed by atoms with van der Waals surface area (Å²) in [5.41, 5.74) is 3.01. The van der Waals surface area contributed by atoms with E-state index in [1.165, 1.54) is 17.3 Å². The second-order valence-corrected chi connectivity index (χ2v) is 8.59. The van der Waals surface area contributed by atoms with Gasteiger partial charge in [0.05, 0.1) is 16.7 Å². The zero-order valence-electron chi connectivity index (χ0n) is 17.1. The number of hydrogen-bond donors (Lipinski definition) is 1. The molecule has 2 aromatic carbocycles. The summed E-state index contributed by atoms with van der Waals surface area (Å²) >= 11 is 1.45. The maximum Gasteiger partial charge on any atom is 0.265 e. The Labute approximate surface area is 181 Å². The Balaban J connectivity index is 1.53. The highest BCUT2D eigenvalue weighted by atomic mass is 32.2. The van der Waals surface area contributed by atoms with E-state index in [1.54, 1.807) is 4.90 Å². The van der Waals surface area contributed by atoms with Gasteiger partial charge in [0.15, 0.2) is 0 Å². The molecule has 1 N–H and O–H groups in total. The van der Waals surface area contributed by atoms with Crippen LogP contribution < -0.4 is 10.2 Å². The first-order valence-corrected chi connectivity index (χ1v) is 11.2. The SMILES string of the molecule is CCc1ccc(/C=C2/Sc3ccccc3N(CC(=O)NC[C@H]3CCCO3)C2=O)cc1. The minimum Gasteiger partial charge on any atom is -0.376 e. The number of amides is 2. The zero-order chi connectivity index (χ0) is 20.9. The summed E-state index contributed by atoms with van der Waals surface area (Å²) in [7, 11) is 0. The lowest BCUT2D eigenvalue weighted by Crippen LogP contribution is -2.44. The fourth-order valence-corrected chi connectivity index (χ4v) is 4.71. The van der Waals surface area contributed by atoms with Gasteiger partial charge in [0.25, 0.3) is 5.91 Å². The summed E-state index contributed by atoms with van der Waals surface area (Å²) in [5, 5.41) is 2.92. The first-order chi connectivity index (χ1) is 14.6. The Morgan fingerprint density at radius 3 is 2.77 bits per heavy atom. The number of thioether (sulfide) groups is 1. The van der Waals surface area contributed by atoms with Crippen molar-refractivity contribution in [3.63, 3.8) is 0 Å². The molecule has 1 saturated heterocycles. The Kier molecular flexibility index (Phi) is 6.55. The van der Waals surface area contributed by atoms with E-state index in [0.29, 0.717) is 11.4 Å². The van der Waals surface area contributed by atoms with Crippen LogP contribution in [-0.2, 0) is 20.7 Å². The quantitative estimate of drug-likeness (QED) is 0.715. The molecule has 4 rings (SSSR count). The smallest absolute Gasteiger partial charge is 0.265 e. The van der Waals surface area contributed by atoms with Crippen LogP contribution in [0.4, 0.5) is 5.69 Å². The molecule has 0 aliphatic carbocycles. The molecule has 1 fully saturated rings. The third kappa shape index (κ3) is 4.77. The van der Waals surface area contributed by atoms with E-state index in [1.807, 2.05) is 42.5 Å². The largest absolute Gasteiger partial charge is 0.376 e. The monoisotopic (exact) mass is 422 g/mol. The van der Waals surface area contributed by atoms with Gasteiger partial charge in [-0.3, -0.25) is 14.5 Å². The third-order valence-corrected chi connectivity index (χ3v) is 6.45. The summed E-state index contributed by atoms with van der Waals surface area (Å²) in [6.45, 7) is 3.36. The molecule has 2 heterocycles. The number of ether oxygens (including phenoxy) is 1. The first kappa shape index (κ1) is 20.7. The summed E-state index contributed by atoms with van der Waals surface area (Å²) in [6, 6.07) is 15.9. The van der Waals surface area contributed by atoms with Gasteiger partial charge in [-0.05, 0) is 48.6 Å². The maximum atomic E-state index is 13.2. The van der Waals surface area contributed by atoms with Gasteiger partial charge in [0.1, 0.15) is 6.54 Å². The fourth-order valence-electron chi connectivity index (χ4n) is 3.65. The van der Waals surface area contributed by atoms with Gasteiger partial charge in [0.2, 0.25) is 5.91 Å². The molecular formula is C24H26N2O3S. The van der Waals surface area contributed by atoms with Crippen molar-refractivity contribution in [1.29, 1.82) is 0 Å². The summed E-state index contributed by atoms with van der Waals surface area (Å²) in [5.74, 6) is -0.322. The van der Waals surface area contributed by atoms with Gasteiger partial charge >= 0.3 is 0 Å². The number of carbonyl (C=O) groups is 2. The number of rotatable bonds is 6. The Morgan fingerprint density at radius 2 is 2.03 bits per heavy atom. The fraction of sp³-hybridized carbons (Fsp3) is 0.333. The summed E-state index contributed by atoms with van der Waals surface area (Å²) in [6.07, 6.45) is 4.96. The van der Waals surface area contributed by atoms with Crippen molar-refractivity contribution in [2.24, 2.45) is 0 Å². The van der Waals surface area contributed by atoms with E-state index in [-0.39, 0.29) is 24.5 Å². The van der Waals surface area contributed by atoms with Gasteiger partial charge in [-0.2, -0.15) is 0 Å². The number of para-hydroxylation sites is 1. The molecule has 2 aromatic rings. The number of fused-ring (bicyclic) bond motifs is 1. The van der Waals surface area contributed by atoms with Crippen molar-refractivity contribution in [3.8, 4) is 0 Å². The van der Waals surface area contributed by atoms with Crippen LogP contribution in [0.2, 0.25) is 0 Å². The summed E-state index contributed by atoms with van der Waals surface area (Å²) < 4.78 is 5.56. The Hall–Kier alpha value is -2.57. The van der Waals surface area contributed by atoms with Gasteiger partial charge in [-0.1, -0.05) is 55.1 Å². The average molecular weight is 423 g/mol. The second kappa shape index (κ2) is 9.49. The molecule has 2 aliphatic heterocycles. The van der Waals surface area contributed by atoms with Crippen LogP contribution in [-0.4, -0.2) is 37.6 Å². The van der Waals surface area contributed by atoms with Crippen LogP contribution in [0.3, 0.4) is 0 Å². The molecule has 1 atom stereocenters. The van der Waals surface area contributed by atoms with Gasteiger partial charge < -0.3 is 10.1 Å². The van der Waals surface area contributed by atoms with Gasteiger partial charge in [-0.15, -0.1) is 0 Å². The van der Waals surface area contributed by atoms with Crippen molar-refractivity contribution < 1.29 is 14.3 Å². The second-order valence-electron chi connectivity index (χ2n) is 7.50. The molecule has 0 unspecified atom stereocenters. The van der Waals surface area contributed by atoms with Gasteiger partial charge in [0, 0.05) is 18.0 Å². The molecule has 2 amide bonds. The normalized spacial score (nSPS) is 19.8. The number of aryl methyl sites for hydroxylation is 1. The standard InChI is InChI=1S/C24H26N2O3S/c1-2-17-9-11-18(12-10-17)14-22-24(28)26(20-7-3-4-8-21(20)30-22)16-23(27)25-15-19-6-5-13-29-19/h3-4,7-12,14,19H,2,5-6,13,15-16H2,1H3,(H,25,27)/b22-14+/t19-/m1/s1. The minimum atomic E-state index is -0.174. The van der Waals surface area contributed by atoms with Crippen LogP contribution in [0.15, 0.2) is 58.3 Å².